The number of benzene rings is 1. The Morgan fingerprint density at radius 2 is 2.00 bits per heavy atom. The lowest BCUT2D eigenvalue weighted by molar-refractivity contribution is -0.142. The number of carbonyl (C=O) groups excluding carboxylic acids is 1. The SMILES string of the molecule is O=C(Cn1nc(C(F)(F)F)c2c1CCCCC2)Nc1cnn(Cc2cccc(Cl)c2)c1. The zero-order chi connectivity index (χ0) is 22.0. The van der Waals surface area contributed by atoms with E-state index in [1.54, 1.807) is 16.9 Å². The highest BCUT2D eigenvalue weighted by Crippen LogP contribution is 2.35. The van der Waals surface area contributed by atoms with Crippen LogP contribution in [0.25, 0.3) is 0 Å². The Morgan fingerprint density at radius 3 is 2.77 bits per heavy atom. The van der Waals surface area contributed by atoms with Crippen LogP contribution in [0.4, 0.5) is 18.9 Å². The minimum absolute atomic E-state index is 0.229. The summed E-state index contributed by atoms with van der Waals surface area (Å²) in [6.45, 7) is 0.190. The van der Waals surface area contributed by atoms with Gasteiger partial charge >= 0.3 is 6.18 Å². The summed E-state index contributed by atoms with van der Waals surface area (Å²) < 4.78 is 43.1. The summed E-state index contributed by atoms with van der Waals surface area (Å²) in [6.07, 6.45) is 1.79. The maximum Gasteiger partial charge on any atom is 0.435 e. The molecule has 0 bridgehead atoms. The summed E-state index contributed by atoms with van der Waals surface area (Å²) in [7, 11) is 0. The highest BCUT2D eigenvalue weighted by atomic mass is 35.5. The highest BCUT2D eigenvalue weighted by molar-refractivity contribution is 6.30. The van der Waals surface area contributed by atoms with Gasteiger partial charge in [-0.25, -0.2) is 0 Å². The smallest absolute Gasteiger partial charge is 0.322 e. The molecule has 0 spiro atoms. The Kier molecular flexibility index (Phi) is 6.04. The number of alkyl halides is 3. The number of hydrogen-bond acceptors (Lipinski definition) is 3. The predicted molar refractivity (Wildman–Crippen MR) is 110 cm³/mol. The molecule has 0 unspecified atom stereocenters. The standard InChI is InChI=1S/C21H21ClF3N5O/c22-15-6-4-5-14(9-15)11-29-12-16(10-26-29)27-19(31)13-30-18-8-3-1-2-7-17(18)20(28-30)21(23,24)25/h4-6,9-10,12H,1-3,7-8,11,13H2,(H,27,31). The summed E-state index contributed by atoms with van der Waals surface area (Å²) in [6, 6.07) is 7.35. The lowest BCUT2D eigenvalue weighted by Gasteiger charge is -2.07. The molecule has 1 aliphatic rings. The average Bonchev–Trinajstić information content (AvgIpc) is 3.17. The van der Waals surface area contributed by atoms with Crippen LogP contribution in [-0.4, -0.2) is 25.5 Å². The predicted octanol–water partition coefficient (Wildman–Crippen LogP) is 4.71. The van der Waals surface area contributed by atoms with Crippen molar-refractivity contribution in [3.8, 4) is 0 Å². The molecule has 0 fully saturated rings. The van der Waals surface area contributed by atoms with Gasteiger partial charge in [0, 0.05) is 22.5 Å². The average molecular weight is 452 g/mol. The van der Waals surface area contributed by atoms with Crippen LogP contribution in [0.2, 0.25) is 5.02 Å². The van der Waals surface area contributed by atoms with E-state index >= 15 is 0 Å². The Labute approximate surface area is 182 Å². The van der Waals surface area contributed by atoms with E-state index in [4.69, 9.17) is 11.6 Å². The molecule has 2 heterocycles. The molecule has 4 rings (SSSR count). The topological polar surface area (TPSA) is 64.7 Å². The lowest BCUT2D eigenvalue weighted by Crippen LogP contribution is -2.21. The van der Waals surface area contributed by atoms with Crippen LogP contribution in [0.15, 0.2) is 36.7 Å². The number of anilines is 1. The van der Waals surface area contributed by atoms with Gasteiger partial charge in [0.05, 0.1) is 18.4 Å². The third-order valence-corrected chi connectivity index (χ3v) is 5.45. The van der Waals surface area contributed by atoms with E-state index in [0.29, 0.717) is 42.2 Å². The highest BCUT2D eigenvalue weighted by Gasteiger charge is 2.39. The molecule has 0 atom stereocenters. The minimum atomic E-state index is -4.53. The molecule has 164 valence electrons. The van der Waals surface area contributed by atoms with Gasteiger partial charge in [0.1, 0.15) is 6.54 Å². The summed E-state index contributed by atoms with van der Waals surface area (Å²) in [5.41, 5.74) is 1.28. The van der Waals surface area contributed by atoms with Gasteiger partial charge in [-0.15, -0.1) is 0 Å². The first-order valence-electron chi connectivity index (χ1n) is 10.0. The Bertz CT molecular complexity index is 1090. The van der Waals surface area contributed by atoms with Crippen molar-refractivity contribution in [2.75, 3.05) is 5.32 Å². The third kappa shape index (κ3) is 5.10. The number of amides is 1. The molecule has 0 saturated heterocycles. The van der Waals surface area contributed by atoms with Crippen LogP contribution >= 0.6 is 11.6 Å². The zero-order valence-corrected chi connectivity index (χ0v) is 17.4. The van der Waals surface area contributed by atoms with E-state index in [0.717, 1.165) is 18.4 Å². The number of aromatic nitrogens is 4. The number of carbonyl (C=O) groups is 1. The maximum atomic E-state index is 13.4. The number of fused-ring (bicyclic) bond motifs is 1. The number of halogens is 4. The third-order valence-electron chi connectivity index (χ3n) is 5.22. The van der Waals surface area contributed by atoms with Gasteiger partial charge in [-0.3, -0.25) is 14.2 Å². The van der Waals surface area contributed by atoms with E-state index in [-0.39, 0.29) is 12.1 Å². The fraction of sp³-hybridized carbons (Fsp3) is 0.381. The van der Waals surface area contributed by atoms with E-state index in [1.165, 1.54) is 10.9 Å². The van der Waals surface area contributed by atoms with Crippen LogP contribution in [0.1, 0.15) is 41.8 Å². The molecule has 1 aromatic carbocycles. The van der Waals surface area contributed by atoms with Crippen LogP contribution < -0.4 is 5.32 Å². The number of nitrogens with zero attached hydrogens (tertiary/aromatic N) is 4. The minimum Gasteiger partial charge on any atom is -0.322 e. The van der Waals surface area contributed by atoms with Gasteiger partial charge in [0.2, 0.25) is 5.91 Å². The first-order valence-corrected chi connectivity index (χ1v) is 10.4. The van der Waals surface area contributed by atoms with Crippen molar-refractivity contribution in [3.63, 3.8) is 0 Å². The first kappa shape index (κ1) is 21.4. The molecule has 1 N–H and O–H groups in total. The van der Waals surface area contributed by atoms with Gasteiger partial charge in [-0.1, -0.05) is 30.2 Å². The summed E-state index contributed by atoms with van der Waals surface area (Å²) >= 11 is 5.99. The molecule has 0 radical (unpaired) electrons. The van der Waals surface area contributed by atoms with Crippen molar-refractivity contribution in [3.05, 3.63) is 64.2 Å². The summed E-state index contributed by atoms with van der Waals surface area (Å²) in [5, 5.41) is 11.3. The number of hydrogen-bond donors (Lipinski definition) is 1. The van der Waals surface area contributed by atoms with Crippen molar-refractivity contribution >= 4 is 23.2 Å². The number of nitrogens with one attached hydrogen (secondary N) is 1. The van der Waals surface area contributed by atoms with Gasteiger partial charge < -0.3 is 5.32 Å². The molecule has 1 aliphatic carbocycles. The van der Waals surface area contributed by atoms with Crippen molar-refractivity contribution in [2.24, 2.45) is 0 Å². The van der Waals surface area contributed by atoms with Gasteiger partial charge in [-0.05, 0) is 43.4 Å². The van der Waals surface area contributed by atoms with Crippen LogP contribution in [0.3, 0.4) is 0 Å². The monoisotopic (exact) mass is 451 g/mol. The molecule has 0 aliphatic heterocycles. The second kappa shape index (κ2) is 8.74. The molecule has 2 aromatic heterocycles. The first-order chi connectivity index (χ1) is 14.8. The molecular weight excluding hydrogens is 431 g/mol. The van der Waals surface area contributed by atoms with Crippen molar-refractivity contribution in [1.29, 1.82) is 0 Å². The molecular formula is C21H21ClF3N5O. The summed E-state index contributed by atoms with van der Waals surface area (Å²) in [5.74, 6) is -0.453. The maximum absolute atomic E-state index is 13.4. The zero-order valence-electron chi connectivity index (χ0n) is 16.6. The largest absolute Gasteiger partial charge is 0.435 e. The van der Waals surface area contributed by atoms with E-state index in [2.05, 4.69) is 15.5 Å². The Balaban J connectivity index is 1.46. The van der Waals surface area contributed by atoms with Crippen LogP contribution in [-0.2, 0) is 36.9 Å². The van der Waals surface area contributed by atoms with E-state index < -0.39 is 17.8 Å². The Morgan fingerprint density at radius 1 is 1.19 bits per heavy atom. The second-order valence-corrected chi connectivity index (χ2v) is 8.03. The van der Waals surface area contributed by atoms with Gasteiger partial charge in [-0.2, -0.15) is 23.4 Å². The molecule has 1 amide bonds. The molecule has 0 saturated carbocycles. The molecule has 6 nitrogen and oxygen atoms in total. The van der Waals surface area contributed by atoms with Gasteiger partial charge in [0.25, 0.3) is 0 Å². The summed E-state index contributed by atoms with van der Waals surface area (Å²) in [4.78, 5) is 12.5. The lowest BCUT2D eigenvalue weighted by atomic mass is 10.1. The van der Waals surface area contributed by atoms with Crippen molar-refractivity contribution in [2.45, 2.75) is 51.4 Å². The van der Waals surface area contributed by atoms with Crippen molar-refractivity contribution < 1.29 is 18.0 Å². The normalized spacial score (nSPS) is 14.2. The molecule has 3 aromatic rings. The molecule has 31 heavy (non-hydrogen) atoms. The van der Waals surface area contributed by atoms with E-state index in [1.807, 2.05) is 18.2 Å². The van der Waals surface area contributed by atoms with Gasteiger partial charge in [0.15, 0.2) is 5.69 Å². The second-order valence-electron chi connectivity index (χ2n) is 7.59. The van der Waals surface area contributed by atoms with Crippen LogP contribution in [0, 0.1) is 0 Å². The number of rotatable bonds is 5. The fourth-order valence-electron chi connectivity index (χ4n) is 3.88. The fourth-order valence-corrected chi connectivity index (χ4v) is 4.09. The molecule has 10 heteroatoms. The quantitative estimate of drug-likeness (QED) is 0.571. The van der Waals surface area contributed by atoms with Crippen molar-refractivity contribution in [1.82, 2.24) is 19.6 Å². The van der Waals surface area contributed by atoms with Crippen LogP contribution in [0.5, 0.6) is 0 Å². The van der Waals surface area contributed by atoms with E-state index in [9.17, 15) is 18.0 Å². The Hall–Kier alpha value is -2.81.